The SMILES string of the molecule is CCCCCCn1nc2n(c1=O)-c1ccc(Cl)nc1C(c1ccccc1)=NC2. The Labute approximate surface area is 168 Å². The summed E-state index contributed by atoms with van der Waals surface area (Å²) in [4.78, 5) is 22.3. The minimum Gasteiger partial charge on any atom is -0.274 e. The zero-order chi connectivity index (χ0) is 19.5. The number of halogens is 1. The van der Waals surface area contributed by atoms with Crippen molar-refractivity contribution in [2.45, 2.75) is 45.7 Å². The lowest BCUT2D eigenvalue weighted by atomic mass is 10.1. The molecule has 0 radical (unpaired) electrons. The van der Waals surface area contributed by atoms with Crippen molar-refractivity contribution in [3.8, 4) is 5.69 Å². The van der Waals surface area contributed by atoms with Gasteiger partial charge in [-0.05, 0) is 18.6 Å². The number of aliphatic imine (C=N–C) groups is 1. The van der Waals surface area contributed by atoms with Crippen molar-refractivity contribution in [3.05, 3.63) is 75.2 Å². The highest BCUT2D eigenvalue weighted by Crippen LogP contribution is 2.23. The molecule has 0 unspecified atom stereocenters. The largest absolute Gasteiger partial charge is 0.350 e. The molecule has 0 amide bonds. The number of hydrogen-bond acceptors (Lipinski definition) is 4. The van der Waals surface area contributed by atoms with Gasteiger partial charge in [-0.15, -0.1) is 0 Å². The van der Waals surface area contributed by atoms with Crippen LogP contribution in [0, 0.1) is 0 Å². The third kappa shape index (κ3) is 3.52. The monoisotopic (exact) mass is 395 g/mol. The van der Waals surface area contributed by atoms with E-state index in [2.05, 4.69) is 17.0 Å². The van der Waals surface area contributed by atoms with Gasteiger partial charge in [0, 0.05) is 12.1 Å². The topological polar surface area (TPSA) is 65.1 Å². The van der Waals surface area contributed by atoms with Gasteiger partial charge in [-0.2, -0.15) is 5.10 Å². The van der Waals surface area contributed by atoms with Crippen molar-refractivity contribution >= 4 is 17.3 Å². The molecule has 6 nitrogen and oxygen atoms in total. The minimum atomic E-state index is -0.151. The highest BCUT2D eigenvalue weighted by atomic mass is 35.5. The van der Waals surface area contributed by atoms with Crippen LogP contribution in [-0.4, -0.2) is 25.0 Å². The summed E-state index contributed by atoms with van der Waals surface area (Å²) in [6, 6.07) is 13.3. The maximum absolute atomic E-state index is 13.1. The van der Waals surface area contributed by atoms with E-state index in [-0.39, 0.29) is 5.69 Å². The molecular weight excluding hydrogens is 374 g/mol. The Hall–Kier alpha value is -2.73. The minimum absolute atomic E-state index is 0.151. The average Bonchev–Trinajstić information content (AvgIpc) is 2.92. The Morgan fingerprint density at radius 2 is 1.89 bits per heavy atom. The zero-order valence-electron chi connectivity index (χ0n) is 15.8. The predicted molar refractivity (Wildman–Crippen MR) is 111 cm³/mol. The Morgan fingerprint density at radius 3 is 2.68 bits per heavy atom. The van der Waals surface area contributed by atoms with Gasteiger partial charge in [0.05, 0.1) is 11.4 Å². The highest BCUT2D eigenvalue weighted by molar-refractivity contribution is 6.29. The number of aromatic nitrogens is 4. The molecule has 0 fully saturated rings. The first-order chi connectivity index (χ1) is 13.7. The predicted octanol–water partition coefficient (Wildman–Crippen LogP) is 4.01. The van der Waals surface area contributed by atoms with Gasteiger partial charge in [0.25, 0.3) is 0 Å². The van der Waals surface area contributed by atoms with Crippen LogP contribution in [0.2, 0.25) is 5.15 Å². The molecule has 144 valence electrons. The van der Waals surface area contributed by atoms with Crippen molar-refractivity contribution in [1.82, 2.24) is 19.3 Å². The van der Waals surface area contributed by atoms with Crippen molar-refractivity contribution < 1.29 is 0 Å². The Morgan fingerprint density at radius 1 is 1.07 bits per heavy atom. The molecule has 7 heteroatoms. The van der Waals surface area contributed by atoms with Gasteiger partial charge in [0.15, 0.2) is 5.82 Å². The van der Waals surface area contributed by atoms with Crippen LogP contribution in [0.3, 0.4) is 0 Å². The molecule has 0 saturated heterocycles. The second-order valence-electron chi connectivity index (χ2n) is 6.85. The fourth-order valence-electron chi connectivity index (χ4n) is 3.46. The van der Waals surface area contributed by atoms with Crippen LogP contribution in [0.5, 0.6) is 0 Å². The number of unbranched alkanes of at least 4 members (excludes halogenated alkanes) is 3. The molecule has 0 saturated carbocycles. The summed E-state index contributed by atoms with van der Waals surface area (Å²) in [5.74, 6) is 0.622. The van der Waals surface area contributed by atoms with Crippen LogP contribution in [0.15, 0.2) is 52.3 Å². The fraction of sp³-hybridized carbons (Fsp3) is 0.333. The van der Waals surface area contributed by atoms with Crippen LogP contribution in [-0.2, 0) is 13.1 Å². The van der Waals surface area contributed by atoms with E-state index in [1.165, 1.54) is 0 Å². The van der Waals surface area contributed by atoms with Crippen molar-refractivity contribution in [1.29, 1.82) is 0 Å². The Balaban J connectivity index is 1.79. The molecule has 0 atom stereocenters. The quantitative estimate of drug-likeness (QED) is 0.467. The smallest absolute Gasteiger partial charge is 0.274 e. The van der Waals surface area contributed by atoms with E-state index in [1.807, 2.05) is 36.4 Å². The Bertz CT molecular complexity index is 1070. The molecule has 0 spiro atoms. The summed E-state index contributed by atoms with van der Waals surface area (Å²) in [6.07, 6.45) is 4.35. The third-order valence-corrected chi connectivity index (χ3v) is 5.07. The first-order valence-corrected chi connectivity index (χ1v) is 10.0. The normalized spacial score (nSPS) is 12.9. The zero-order valence-corrected chi connectivity index (χ0v) is 16.6. The standard InChI is InChI=1S/C21H22ClN5O/c1-2-3-4-8-13-26-21(28)27-16-11-12-17(22)24-20(16)19(23-14-18(27)25-26)15-9-6-5-7-10-15/h5-7,9-12H,2-4,8,13-14H2,1H3. The number of fused-ring (bicyclic) bond motifs is 3. The second-order valence-corrected chi connectivity index (χ2v) is 7.24. The van der Waals surface area contributed by atoms with Gasteiger partial charge >= 0.3 is 5.69 Å². The number of benzene rings is 1. The summed E-state index contributed by atoms with van der Waals surface area (Å²) in [6.45, 7) is 3.10. The number of nitrogens with zero attached hydrogens (tertiary/aromatic N) is 5. The molecule has 1 aliphatic heterocycles. The first-order valence-electron chi connectivity index (χ1n) is 9.65. The summed E-state index contributed by atoms with van der Waals surface area (Å²) in [5, 5.41) is 4.92. The van der Waals surface area contributed by atoms with E-state index in [1.54, 1.807) is 15.3 Å². The van der Waals surface area contributed by atoms with Crippen LogP contribution in [0.1, 0.15) is 49.7 Å². The van der Waals surface area contributed by atoms with E-state index >= 15 is 0 Å². The second kappa shape index (κ2) is 8.10. The maximum Gasteiger partial charge on any atom is 0.350 e. The lowest BCUT2D eigenvalue weighted by Gasteiger charge is -2.10. The molecule has 0 bridgehead atoms. The van der Waals surface area contributed by atoms with E-state index in [0.717, 1.165) is 37.0 Å². The number of aryl methyl sites for hydroxylation is 1. The molecule has 0 aliphatic carbocycles. The maximum atomic E-state index is 13.1. The average molecular weight is 396 g/mol. The van der Waals surface area contributed by atoms with Crippen LogP contribution >= 0.6 is 11.6 Å². The van der Waals surface area contributed by atoms with Gasteiger partial charge in [-0.1, -0.05) is 68.1 Å². The van der Waals surface area contributed by atoms with Gasteiger partial charge in [-0.25, -0.2) is 19.0 Å². The number of pyridine rings is 1. The lowest BCUT2D eigenvalue weighted by Crippen LogP contribution is -2.25. The van der Waals surface area contributed by atoms with Gasteiger partial charge < -0.3 is 0 Å². The van der Waals surface area contributed by atoms with Crippen LogP contribution in [0.25, 0.3) is 5.69 Å². The molecule has 4 rings (SSSR count). The van der Waals surface area contributed by atoms with E-state index in [9.17, 15) is 4.79 Å². The number of hydrogen-bond donors (Lipinski definition) is 0. The molecule has 1 aliphatic rings. The fourth-order valence-corrected chi connectivity index (χ4v) is 3.61. The van der Waals surface area contributed by atoms with Gasteiger partial charge in [0.2, 0.25) is 0 Å². The van der Waals surface area contributed by atoms with Gasteiger partial charge in [-0.3, -0.25) is 4.99 Å². The summed E-state index contributed by atoms with van der Waals surface area (Å²) < 4.78 is 3.17. The molecule has 1 aromatic carbocycles. The lowest BCUT2D eigenvalue weighted by molar-refractivity contribution is 0.523. The van der Waals surface area contributed by atoms with Crippen molar-refractivity contribution in [3.63, 3.8) is 0 Å². The molecule has 3 aromatic rings. The van der Waals surface area contributed by atoms with Crippen LogP contribution < -0.4 is 5.69 Å². The van der Waals surface area contributed by atoms with E-state index in [0.29, 0.717) is 35.4 Å². The van der Waals surface area contributed by atoms with E-state index in [4.69, 9.17) is 16.6 Å². The molecule has 3 heterocycles. The van der Waals surface area contributed by atoms with Crippen molar-refractivity contribution in [2.24, 2.45) is 4.99 Å². The first kappa shape index (κ1) is 18.6. The summed E-state index contributed by atoms with van der Waals surface area (Å²) >= 11 is 6.18. The molecule has 2 aromatic heterocycles. The Kier molecular flexibility index (Phi) is 5.39. The van der Waals surface area contributed by atoms with Crippen LogP contribution in [0.4, 0.5) is 0 Å². The summed E-state index contributed by atoms with van der Waals surface area (Å²) in [5.41, 5.74) is 2.78. The summed E-state index contributed by atoms with van der Waals surface area (Å²) in [7, 11) is 0. The molecule has 0 N–H and O–H groups in total. The van der Waals surface area contributed by atoms with Gasteiger partial charge in [0.1, 0.15) is 17.4 Å². The third-order valence-electron chi connectivity index (χ3n) is 4.86. The van der Waals surface area contributed by atoms with E-state index < -0.39 is 0 Å². The molecular formula is C21H22ClN5O. The van der Waals surface area contributed by atoms with Crippen molar-refractivity contribution in [2.75, 3.05) is 0 Å². The highest BCUT2D eigenvalue weighted by Gasteiger charge is 2.24. The molecule has 28 heavy (non-hydrogen) atoms. The number of rotatable bonds is 6.